The summed E-state index contributed by atoms with van der Waals surface area (Å²) < 4.78 is 11.0. The Morgan fingerprint density at radius 1 is 1.53 bits per heavy atom. The Bertz CT molecular complexity index is 253. The minimum absolute atomic E-state index is 0.0281. The van der Waals surface area contributed by atoms with Crippen LogP contribution in [0.2, 0.25) is 0 Å². The Hall–Kier alpha value is -0.650. The molecule has 0 bridgehead atoms. The third-order valence-electron chi connectivity index (χ3n) is 3.39. The van der Waals surface area contributed by atoms with Crippen molar-refractivity contribution in [3.63, 3.8) is 0 Å². The molecule has 19 heavy (non-hydrogen) atoms. The van der Waals surface area contributed by atoms with Gasteiger partial charge in [-0.1, -0.05) is 13.8 Å². The smallest absolute Gasteiger partial charge is 0.221 e. The predicted octanol–water partition coefficient (Wildman–Crippen LogP) is 1.06. The standard InChI is InChI=1S/C14H28N2O3/c1-11(2)13(15)9-14(17)16-6-4-7-18-10-12-5-3-8-19-12/h11-13H,3-10,15H2,1-2H3,(H,16,17). The first-order chi connectivity index (χ1) is 9.09. The summed E-state index contributed by atoms with van der Waals surface area (Å²) in [6.07, 6.45) is 3.74. The van der Waals surface area contributed by atoms with Crippen LogP contribution in [-0.2, 0) is 14.3 Å². The van der Waals surface area contributed by atoms with Gasteiger partial charge in [0, 0.05) is 32.2 Å². The number of hydrogen-bond donors (Lipinski definition) is 2. The molecule has 1 aliphatic rings. The van der Waals surface area contributed by atoms with Crippen molar-refractivity contribution in [3.8, 4) is 0 Å². The molecule has 0 aromatic heterocycles. The van der Waals surface area contributed by atoms with Crippen molar-refractivity contribution in [2.75, 3.05) is 26.4 Å². The van der Waals surface area contributed by atoms with Gasteiger partial charge in [0.2, 0.25) is 5.91 Å². The van der Waals surface area contributed by atoms with Gasteiger partial charge in [-0.05, 0) is 25.2 Å². The van der Waals surface area contributed by atoms with Gasteiger partial charge in [0.15, 0.2) is 0 Å². The van der Waals surface area contributed by atoms with Crippen LogP contribution < -0.4 is 11.1 Å². The zero-order valence-corrected chi connectivity index (χ0v) is 12.2. The first kappa shape index (κ1) is 16.4. The molecule has 0 aromatic carbocycles. The highest BCUT2D eigenvalue weighted by molar-refractivity contribution is 5.76. The largest absolute Gasteiger partial charge is 0.379 e. The van der Waals surface area contributed by atoms with E-state index in [0.717, 1.165) is 25.9 Å². The first-order valence-electron chi connectivity index (χ1n) is 7.31. The van der Waals surface area contributed by atoms with Gasteiger partial charge in [-0.2, -0.15) is 0 Å². The summed E-state index contributed by atoms with van der Waals surface area (Å²) in [7, 11) is 0. The van der Waals surface area contributed by atoms with Crippen LogP contribution in [0.25, 0.3) is 0 Å². The summed E-state index contributed by atoms with van der Waals surface area (Å²) in [5.41, 5.74) is 5.84. The molecule has 5 heteroatoms. The van der Waals surface area contributed by atoms with Crippen LogP contribution in [0, 0.1) is 5.92 Å². The minimum Gasteiger partial charge on any atom is -0.379 e. The molecule has 112 valence electrons. The third-order valence-corrected chi connectivity index (χ3v) is 3.39. The molecule has 2 atom stereocenters. The summed E-state index contributed by atoms with van der Waals surface area (Å²) in [5.74, 6) is 0.362. The number of hydrogen-bond acceptors (Lipinski definition) is 4. The number of carbonyl (C=O) groups is 1. The summed E-state index contributed by atoms with van der Waals surface area (Å²) in [6.45, 7) is 6.89. The van der Waals surface area contributed by atoms with E-state index in [4.69, 9.17) is 15.2 Å². The van der Waals surface area contributed by atoms with E-state index in [0.29, 0.717) is 32.1 Å². The molecular weight excluding hydrogens is 244 g/mol. The molecule has 1 fully saturated rings. The number of ether oxygens (including phenoxy) is 2. The van der Waals surface area contributed by atoms with Crippen LogP contribution >= 0.6 is 0 Å². The Balaban J connectivity index is 1.90. The molecule has 3 N–H and O–H groups in total. The van der Waals surface area contributed by atoms with Gasteiger partial charge in [-0.25, -0.2) is 0 Å². The van der Waals surface area contributed by atoms with Gasteiger partial charge in [-0.15, -0.1) is 0 Å². The van der Waals surface area contributed by atoms with Crippen LogP contribution in [0.4, 0.5) is 0 Å². The highest BCUT2D eigenvalue weighted by Gasteiger charge is 2.15. The minimum atomic E-state index is -0.0595. The van der Waals surface area contributed by atoms with Crippen molar-refractivity contribution in [1.82, 2.24) is 5.32 Å². The van der Waals surface area contributed by atoms with Crippen molar-refractivity contribution >= 4 is 5.91 Å². The van der Waals surface area contributed by atoms with Crippen LogP contribution in [0.3, 0.4) is 0 Å². The molecule has 0 saturated carbocycles. The second kappa shape index (κ2) is 9.28. The van der Waals surface area contributed by atoms with E-state index in [1.807, 2.05) is 13.8 Å². The number of amides is 1. The van der Waals surface area contributed by atoms with E-state index in [9.17, 15) is 4.79 Å². The zero-order chi connectivity index (χ0) is 14.1. The van der Waals surface area contributed by atoms with E-state index in [1.165, 1.54) is 0 Å². The van der Waals surface area contributed by atoms with E-state index in [-0.39, 0.29) is 18.1 Å². The predicted molar refractivity (Wildman–Crippen MR) is 74.9 cm³/mol. The van der Waals surface area contributed by atoms with Crippen LogP contribution in [0.15, 0.2) is 0 Å². The Morgan fingerprint density at radius 3 is 2.95 bits per heavy atom. The molecule has 1 aliphatic heterocycles. The summed E-state index contributed by atoms with van der Waals surface area (Å²) in [4.78, 5) is 11.5. The maximum atomic E-state index is 11.5. The van der Waals surface area contributed by atoms with E-state index in [2.05, 4.69) is 5.32 Å². The topological polar surface area (TPSA) is 73.6 Å². The first-order valence-corrected chi connectivity index (χ1v) is 7.31. The molecule has 0 radical (unpaired) electrons. The second-order valence-corrected chi connectivity index (χ2v) is 5.53. The molecular formula is C14H28N2O3. The maximum absolute atomic E-state index is 11.5. The maximum Gasteiger partial charge on any atom is 0.221 e. The van der Waals surface area contributed by atoms with Gasteiger partial charge in [0.05, 0.1) is 12.7 Å². The van der Waals surface area contributed by atoms with Crippen molar-refractivity contribution in [3.05, 3.63) is 0 Å². The fourth-order valence-electron chi connectivity index (χ4n) is 1.91. The lowest BCUT2D eigenvalue weighted by Crippen LogP contribution is -2.35. The fourth-order valence-corrected chi connectivity index (χ4v) is 1.91. The van der Waals surface area contributed by atoms with Crippen LogP contribution in [0.1, 0.15) is 39.5 Å². The average molecular weight is 272 g/mol. The number of carbonyl (C=O) groups excluding carboxylic acids is 1. The third kappa shape index (κ3) is 7.50. The molecule has 1 heterocycles. The van der Waals surface area contributed by atoms with Crippen LogP contribution in [0.5, 0.6) is 0 Å². The van der Waals surface area contributed by atoms with Crippen molar-refractivity contribution in [1.29, 1.82) is 0 Å². The van der Waals surface area contributed by atoms with E-state index in [1.54, 1.807) is 0 Å². The van der Waals surface area contributed by atoms with Gasteiger partial charge in [0.25, 0.3) is 0 Å². The summed E-state index contributed by atoms with van der Waals surface area (Å²) >= 11 is 0. The second-order valence-electron chi connectivity index (χ2n) is 5.53. The lowest BCUT2D eigenvalue weighted by atomic mass is 10.0. The van der Waals surface area contributed by atoms with E-state index < -0.39 is 0 Å². The normalized spacial score (nSPS) is 20.7. The Kier molecular flexibility index (Phi) is 8.02. The SMILES string of the molecule is CC(C)C(N)CC(=O)NCCCOCC1CCCO1. The summed E-state index contributed by atoms with van der Waals surface area (Å²) in [6, 6.07) is -0.0595. The molecule has 0 aliphatic carbocycles. The zero-order valence-electron chi connectivity index (χ0n) is 12.2. The number of nitrogens with two attached hydrogens (primary N) is 1. The molecule has 1 saturated heterocycles. The summed E-state index contributed by atoms with van der Waals surface area (Å²) in [5, 5.41) is 2.87. The van der Waals surface area contributed by atoms with Gasteiger partial charge in [-0.3, -0.25) is 4.79 Å². The quantitative estimate of drug-likeness (QED) is 0.616. The number of nitrogens with one attached hydrogen (secondary N) is 1. The van der Waals surface area contributed by atoms with Crippen molar-refractivity contribution in [2.24, 2.45) is 11.7 Å². The Morgan fingerprint density at radius 2 is 2.32 bits per heavy atom. The lowest BCUT2D eigenvalue weighted by molar-refractivity contribution is -0.121. The molecule has 1 amide bonds. The molecule has 0 spiro atoms. The average Bonchev–Trinajstić information content (AvgIpc) is 2.86. The monoisotopic (exact) mass is 272 g/mol. The molecule has 2 unspecified atom stereocenters. The van der Waals surface area contributed by atoms with Crippen molar-refractivity contribution in [2.45, 2.75) is 51.7 Å². The Labute approximate surface area is 116 Å². The lowest BCUT2D eigenvalue weighted by Gasteiger charge is -2.15. The van der Waals surface area contributed by atoms with Crippen LogP contribution in [-0.4, -0.2) is 44.4 Å². The highest BCUT2D eigenvalue weighted by Crippen LogP contribution is 2.11. The molecule has 0 aromatic rings. The number of rotatable bonds is 9. The molecule has 1 rings (SSSR count). The van der Waals surface area contributed by atoms with Gasteiger partial charge < -0.3 is 20.5 Å². The molecule has 5 nitrogen and oxygen atoms in total. The van der Waals surface area contributed by atoms with Gasteiger partial charge >= 0.3 is 0 Å². The highest BCUT2D eigenvalue weighted by atomic mass is 16.5. The fraction of sp³-hybridized carbons (Fsp3) is 0.929. The van der Waals surface area contributed by atoms with Crippen molar-refractivity contribution < 1.29 is 14.3 Å². The van der Waals surface area contributed by atoms with Gasteiger partial charge in [0.1, 0.15) is 0 Å². The van der Waals surface area contributed by atoms with E-state index >= 15 is 0 Å².